The van der Waals surface area contributed by atoms with Gasteiger partial charge in [-0.2, -0.15) is 0 Å². The fourth-order valence-electron chi connectivity index (χ4n) is 1.90. The van der Waals surface area contributed by atoms with Crippen LogP contribution in [0.25, 0.3) is 0 Å². The Kier molecular flexibility index (Phi) is 4.94. The molecule has 1 N–H and O–H groups in total. The first-order valence-corrected chi connectivity index (χ1v) is 6.30. The summed E-state index contributed by atoms with van der Waals surface area (Å²) in [6.45, 7) is 7.53. The Balaban J connectivity index is 0.000000686. The van der Waals surface area contributed by atoms with E-state index in [0.717, 1.165) is 31.6 Å². The molecule has 0 spiro atoms. The maximum atomic E-state index is 12.7. The van der Waals surface area contributed by atoms with Crippen LogP contribution in [0.5, 0.6) is 0 Å². The molecule has 1 fully saturated rings. The molecule has 1 aliphatic heterocycles. The number of benzene rings is 1. The van der Waals surface area contributed by atoms with E-state index in [0.29, 0.717) is 0 Å². The van der Waals surface area contributed by atoms with Gasteiger partial charge in [0, 0.05) is 18.8 Å². The summed E-state index contributed by atoms with van der Waals surface area (Å²) in [5.74, 6) is -0.206. The molecule has 0 aliphatic carbocycles. The van der Waals surface area contributed by atoms with E-state index in [4.69, 9.17) is 0 Å². The summed E-state index contributed by atoms with van der Waals surface area (Å²) >= 11 is 0. The summed E-state index contributed by atoms with van der Waals surface area (Å²) < 4.78 is 12.7. The van der Waals surface area contributed by atoms with Gasteiger partial charge in [-0.1, -0.05) is 13.8 Å². The van der Waals surface area contributed by atoms with Crippen molar-refractivity contribution in [2.45, 2.75) is 39.2 Å². The SMILES string of the molecule is CC.CC1(O)CCN(c2ccc(F)cc2)CC1. The zero-order valence-corrected chi connectivity index (χ0v) is 10.9. The normalized spacial score (nSPS) is 18.3. The molecule has 0 radical (unpaired) electrons. The van der Waals surface area contributed by atoms with E-state index < -0.39 is 5.60 Å². The van der Waals surface area contributed by atoms with E-state index >= 15 is 0 Å². The predicted octanol–water partition coefficient (Wildman–Crippen LogP) is 3.20. The van der Waals surface area contributed by atoms with Crippen LogP contribution >= 0.6 is 0 Å². The van der Waals surface area contributed by atoms with Crippen LogP contribution in [0, 0.1) is 5.82 Å². The molecule has 1 saturated heterocycles. The number of piperidine rings is 1. The van der Waals surface area contributed by atoms with E-state index in [-0.39, 0.29) is 5.82 Å². The Bertz CT molecular complexity index is 325. The molecular weight excluding hydrogens is 217 g/mol. The molecule has 2 nitrogen and oxygen atoms in total. The third-order valence-electron chi connectivity index (χ3n) is 3.03. The highest BCUT2D eigenvalue weighted by molar-refractivity contribution is 5.46. The molecule has 17 heavy (non-hydrogen) atoms. The van der Waals surface area contributed by atoms with E-state index in [1.807, 2.05) is 20.8 Å². The molecular formula is C14H22FNO. The summed E-state index contributed by atoms with van der Waals surface area (Å²) in [6.07, 6.45) is 1.54. The second kappa shape index (κ2) is 6.01. The summed E-state index contributed by atoms with van der Waals surface area (Å²) in [5.41, 5.74) is 0.503. The van der Waals surface area contributed by atoms with Crippen LogP contribution in [0.4, 0.5) is 10.1 Å². The first-order valence-electron chi connectivity index (χ1n) is 6.30. The summed E-state index contributed by atoms with van der Waals surface area (Å²) in [6, 6.07) is 6.52. The zero-order valence-electron chi connectivity index (χ0n) is 10.9. The van der Waals surface area contributed by atoms with Crippen molar-refractivity contribution in [2.75, 3.05) is 18.0 Å². The largest absolute Gasteiger partial charge is 0.390 e. The van der Waals surface area contributed by atoms with Gasteiger partial charge in [0.2, 0.25) is 0 Å². The van der Waals surface area contributed by atoms with Gasteiger partial charge in [0.15, 0.2) is 0 Å². The Hall–Kier alpha value is -1.09. The Morgan fingerprint density at radius 2 is 1.59 bits per heavy atom. The predicted molar refractivity (Wildman–Crippen MR) is 69.8 cm³/mol. The first-order chi connectivity index (χ1) is 8.07. The monoisotopic (exact) mass is 239 g/mol. The first kappa shape index (κ1) is 14.0. The number of anilines is 1. The lowest BCUT2D eigenvalue weighted by atomic mass is 9.93. The molecule has 0 aromatic heterocycles. The third-order valence-corrected chi connectivity index (χ3v) is 3.03. The average Bonchev–Trinajstić information content (AvgIpc) is 2.33. The average molecular weight is 239 g/mol. The molecule has 0 amide bonds. The van der Waals surface area contributed by atoms with Crippen LogP contribution in [0.2, 0.25) is 0 Å². The van der Waals surface area contributed by atoms with Crippen LogP contribution in [-0.2, 0) is 0 Å². The highest BCUT2D eigenvalue weighted by atomic mass is 19.1. The second-order valence-electron chi connectivity index (χ2n) is 4.46. The summed E-state index contributed by atoms with van der Waals surface area (Å²) in [5, 5.41) is 9.80. The summed E-state index contributed by atoms with van der Waals surface area (Å²) in [4.78, 5) is 2.18. The van der Waals surface area contributed by atoms with Crippen molar-refractivity contribution in [3.05, 3.63) is 30.1 Å². The number of nitrogens with zero attached hydrogens (tertiary/aromatic N) is 1. The van der Waals surface area contributed by atoms with Gasteiger partial charge in [-0.25, -0.2) is 4.39 Å². The van der Waals surface area contributed by atoms with Crippen molar-refractivity contribution in [1.29, 1.82) is 0 Å². The number of hydrogen-bond donors (Lipinski definition) is 1. The second-order valence-corrected chi connectivity index (χ2v) is 4.46. The number of hydrogen-bond acceptors (Lipinski definition) is 2. The molecule has 1 aliphatic rings. The van der Waals surface area contributed by atoms with Gasteiger partial charge in [-0.15, -0.1) is 0 Å². The highest BCUT2D eigenvalue weighted by Gasteiger charge is 2.27. The minimum Gasteiger partial charge on any atom is -0.390 e. The molecule has 96 valence electrons. The molecule has 0 saturated carbocycles. The molecule has 2 rings (SSSR count). The molecule has 0 unspecified atom stereocenters. The van der Waals surface area contributed by atoms with Crippen molar-refractivity contribution in [3.63, 3.8) is 0 Å². The number of halogens is 1. The van der Waals surface area contributed by atoms with Crippen LogP contribution in [0.1, 0.15) is 33.6 Å². The minimum absolute atomic E-state index is 0.206. The standard InChI is InChI=1S/C12H16FNO.C2H6/c1-12(15)6-8-14(9-7-12)11-4-2-10(13)3-5-11;1-2/h2-5,15H,6-9H2,1H3;1-2H3. The zero-order chi connectivity index (χ0) is 12.9. The van der Waals surface area contributed by atoms with Crippen molar-refractivity contribution in [2.24, 2.45) is 0 Å². The van der Waals surface area contributed by atoms with E-state index in [9.17, 15) is 9.50 Å². The van der Waals surface area contributed by atoms with Crippen LogP contribution in [-0.4, -0.2) is 23.8 Å². The lowest BCUT2D eigenvalue weighted by Gasteiger charge is -2.37. The molecule has 0 atom stereocenters. The molecule has 3 heteroatoms. The highest BCUT2D eigenvalue weighted by Crippen LogP contribution is 2.25. The van der Waals surface area contributed by atoms with Gasteiger partial charge >= 0.3 is 0 Å². The van der Waals surface area contributed by atoms with Gasteiger partial charge < -0.3 is 10.0 Å². The fourth-order valence-corrected chi connectivity index (χ4v) is 1.90. The lowest BCUT2D eigenvalue weighted by Crippen LogP contribution is -2.42. The Morgan fingerprint density at radius 3 is 2.06 bits per heavy atom. The third kappa shape index (κ3) is 4.00. The fraction of sp³-hybridized carbons (Fsp3) is 0.571. The van der Waals surface area contributed by atoms with Crippen molar-refractivity contribution >= 4 is 5.69 Å². The van der Waals surface area contributed by atoms with Crippen LogP contribution in [0.15, 0.2) is 24.3 Å². The van der Waals surface area contributed by atoms with E-state index in [1.54, 1.807) is 12.1 Å². The quantitative estimate of drug-likeness (QED) is 0.813. The van der Waals surface area contributed by atoms with Gasteiger partial charge in [-0.3, -0.25) is 0 Å². The van der Waals surface area contributed by atoms with E-state index in [2.05, 4.69) is 4.90 Å². The number of rotatable bonds is 1. The van der Waals surface area contributed by atoms with Crippen molar-refractivity contribution in [1.82, 2.24) is 0 Å². The maximum absolute atomic E-state index is 12.7. The topological polar surface area (TPSA) is 23.5 Å². The Labute approximate surface area is 103 Å². The minimum atomic E-state index is -0.531. The molecule has 0 bridgehead atoms. The van der Waals surface area contributed by atoms with Gasteiger partial charge in [0.25, 0.3) is 0 Å². The van der Waals surface area contributed by atoms with Gasteiger partial charge in [0.1, 0.15) is 5.82 Å². The molecule has 1 aromatic carbocycles. The molecule has 1 heterocycles. The van der Waals surface area contributed by atoms with Gasteiger partial charge in [-0.05, 0) is 44.0 Å². The van der Waals surface area contributed by atoms with Gasteiger partial charge in [0.05, 0.1) is 5.60 Å². The van der Waals surface area contributed by atoms with E-state index in [1.165, 1.54) is 12.1 Å². The smallest absolute Gasteiger partial charge is 0.123 e. The van der Waals surface area contributed by atoms with Crippen molar-refractivity contribution in [3.8, 4) is 0 Å². The maximum Gasteiger partial charge on any atom is 0.123 e. The molecule has 1 aromatic rings. The summed E-state index contributed by atoms with van der Waals surface area (Å²) in [7, 11) is 0. The van der Waals surface area contributed by atoms with Crippen LogP contribution in [0.3, 0.4) is 0 Å². The van der Waals surface area contributed by atoms with Crippen LogP contribution < -0.4 is 4.90 Å². The Morgan fingerprint density at radius 1 is 1.12 bits per heavy atom. The lowest BCUT2D eigenvalue weighted by molar-refractivity contribution is 0.0351. The van der Waals surface area contributed by atoms with Crippen molar-refractivity contribution < 1.29 is 9.50 Å². The number of aliphatic hydroxyl groups is 1.